The summed E-state index contributed by atoms with van der Waals surface area (Å²) in [4.78, 5) is -0.0568. The second-order valence-corrected chi connectivity index (χ2v) is 14.6. The number of halogens is 3. The molecule has 2 fully saturated rings. The first-order valence-electron chi connectivity index (χ1n) is 11.5. The van der Waals surface area contributed by atoms with Crippen LogP contribution in [0, 0.1) is 29.4 Å². The highest BCUT2D eigenvalue weighted by atomic mass is 35.5. The molecule has 2 aromatic carbocycles. The molecular formula is C25H30ClF2NO5S2. The van der Waals surface area contributed by atoms with Crippen LogP contribution in [0.25, 0.3) is 0 Å². The molecular weight excluding hydrogens is 532 g/mol. The number of nitrogens with one attached hydrogen (secondary N) is 1. The van der Waals surface area contributed by atoms with Crippen molar-refractivity contribution in [1.29, 1.82) is 0 Å². The van der Waals surface area contributed by atoms with Gasteiger partial charge in [-0.15, -0.1) is 0 Å². The third-order valence-electron chi connectivity index (χ3n) is 7.91. The molecule has 1 aliphatic carbocycles. The van der Waals surface area contributed by atoms with Crippen molar-refractivity contribution in [2.75, 3.05) is 6.61 Å². The fraction of sp³-hybridized carbons (Fsp3) is 0.520. The fourth-order valence-electron chi connectivity index (χ4n) is 6.30. The molecule has 3 aliphatic rings. The van der Waals surface area contributed by atoms with Gasteiger partial charge in [0.15, 0.2) is 21.4 Å². The summed E-state index contributed by atoms with van der Waals surface area (Å²) in [7, 11) is -7.90. The van der Waals surface area contributed by atoms with Gasteiger partial charge in [-0.3, -0.25) is 0 Å². The predicted molar refractivity (Wildman–Crippen MR) is 134 cm³/mol. The summed E-state index contributed by atoms with van der Waals surface area (Å²) in [5, 5.41) is -0.399. The van der Waals surface area contributed by atoms with Crippen LogP contribution in [0.1, 0.15) is 46.1 Å². The SMILES string of the molecule is C.CC(C)[C@@H]1C[C@@H]2[C@@H](CC[C@@]3(S(=O)(=O)c4ccc(Cl)cc4)c4c(F)ccc(F)c4OC[C@@H]23)NS1(=O)=O. The molecule has 5 atom stereocenters. The monoisotopic (exact) mass is 561 g/mol. The van der Waals surface area contributed by atoms with Crippen molar-refractivity contribution < 1.29 is 30.4 Å². The minimum absolute atomic E-state index is 0. The van der Waals surface area contributed by atoms with Crippen molar-refractivity contribution in [3.05, 3.63) is 58.6 Å². The lowest BCUT2D eigenvalue weighted by molar-refractivity contribution is 0.0472. The minimum Gasteiger partial charge on any atom is -0.490 e. The summed E-state index contributed by atoms with van der Waals surface area (Å²) >= 11 is 5.98. The van der Waals surface area contributed by atoms with Crippen molar-refractivity contribution in [2.24, 2.45) is 17.8 Å². The van der Waals surface area contributed by atoms with Crippen LogP contribution in [-0.4, -0.2) is 34.7 Å². The maximum atomic E-state index is 15.5. The molecule has 11 heteroatoms. The Balaban J connectivity index is 0.00000304. The van der Waals surface area contributed by atoms with Crippen molar-refractivity contribution in [3.63, 3.8) is 0 Å². The largest absolute Gasteiger partial charge is 0.490 e. The number of sulfonamides is 1. The van der Waals surface area contributed by atoms with Gasteiger partial charge in [0.25, 0.3) is 0 Å². The summed E-state index contributed by atoms with van der Waals surface area (Å²) < 4.78 is 91.5. The van der Waals surface area contributed by atoms with E-state index in [1.807, 2.05) is 0 Å². The van der Waals surface area contributed by atoms with Gasteiger partial charge in [-0.25, -0.2) is 30.3 Å². The van der Waals surface area contributed by atoms with Crippen LogP contribution in [0.15, 0.2) is 41.3 Å². The van der Waals surface area contributed by atoms with Crippen LogP contribution < -0.4 is 9.46 Å². The molecule has 0 spiro atoms. The smallest absolute Gasteiger partial charge is 0.215 e. The average Bonchev–Trinajstić information content (AvgIpc) is 2.79. The van der Waals surface area contributed by atoms with E-state index in [-0.39, 0.29) is 49.7 Å². The second kappa shape index (κ2) is 9.22. The summed E-state index contributed by atoms with van der Waals surface area (Å²) in [6.45, 7) is 3.42. The average molecular weight is 562 g/mol. The lowest BCUT2D eigenvalue weighted by atomic mass is 9.64. The number of hydrogen-bond acceptors (Lipinski definition) is 5. The molecule has 0 amide bonds. The summed E-state index contributed by atoms with van der Waals surface area (Å²) in [5.41, 5.74) is -0.309. The van der Waals surface area contributed by atoms with Gasteiger partial charge in [-0.1, -0.05) is 32.9 Å². The molecule has 2 aliphatic heterocycles. The lowest BCUT2D eigenvalue weighted by Crippen LogP contribution is -2.64. The van der Waals surface area contributed by atoms with E-state index in [0.29, 0.717) is 5.02 Å². The van der Waals surface area contributed by atoms with Crippen LogP contribution in [0.3, 0.4) is 0 Å². The number of hydrogen-bond donors (Lipinski definition) is 1. The van der Waals surface area contributed by atoms with E-state index in [9.17, 15) is 21.2 Å². The Kier molecular flexibility index (Phi) is 6.99. The third-order valence-corrected chi connectivity index (χ3v) is 12.9. The second-order valence-electron chi connectivity index (χ2n) is 9.99. The Morgan fingerprint density at radius 1 is 1.11 bits per heavy atom. The Morgan fingerprint density at radius 2 is 1.75 bits per heavy atom. The third kappa shape index (κ3) is 3.87. The number of benzene rings is 2. The van der Waals surface area contributed by atoms with Crippen LogP contribution in [-0.2, 0) is 24.6 Å². The van der Waals surface area contributed by atoms with Crippen LogP contribution in [0.5, 0.6) is 5.75 Å². The first-order valence-corrected chi connectivity index (χ1v) is 14.9. The maximum absolute atomic E-state index is 15.5. The topological polar surface area (TPSA) is 89.5 Å². The molecule has 5 rings (SSSR count). The van der Waals surface area contributed by atoms with E-state index in [1.165, 1.54) is 24.3 Å². The van der Waals surface area contributed by atoms with Gasteiger partial charge in [-0.05, 0) is 67.5 Å². The van der Waals surface area contributed by atoms with E-state index in [4.69, 9.17) is 16.3 Å². The lowest BCUT2D eigenvalue weighted by Gasteiger charge is -2.55. The standard InChI is InChI=1S/C24H26ClF2NO5S2.CH4/c1-13(2)21-11-16-17-12-33-23-19(27)8-7-18(26)22(23)24(17,10-9-20(16)28-35(21,31)32)34(29,30)15-5-3-14(25)4-6-15;/h3-8,13,16-17,20-21,28H,9-12H2,1-2H3;1H4/t16-,17-,20+,21-,24-;/m0./s1. The molecule has 0 aromatic heterocycles. The van der Waals surface area contributed by atoms with Crippen LogP contribution in [0.4, 0.5) is 8.78 Å². The summed E-state index contributed by atoms with van der Waals surface area (Å²) in [6.07, 6.45) is 0.276. The van der Waals surface area contributed by atoms with Gasteiger partial charge in [0, 0.05) is 17.0 Å². The minimum atomic E-state index is -4.29. The molecule has 2 heterocycles. The Hall–Kier alpha value is -1.75. The molecule has 0 unspecified atom stereocenters. The zero-order valence-corrected chi connectivity index (χ0v) is 21.6. The van der Waals surface area contributed by atoms with Crippen LogP contribution >= 0.6 is 11.6 Å². The quantitative estimate of drug-likeness (QED) is 0.566. The summed E-state index contributed by atoms with van der Waals surface area (Å²) in [6, 6.07) is 6.94. The van der Waals surface area contributed by atoms with Gasteiger partial charge in [0.05, 0.1) is 22.3 Å². The molecule has 198 valence electrons. The Bertz CT molecular complexity index is 1380. The predicted octanol–water partition coefficient (Wildman–Crippen LogP) is 5.06. The molecule has 6 nitrogen and oxygen atoms in total. The van der Waals surface area contributed by atoms with E-state index in [1.54, 1.807) is 13.8 Å². The molecule has 1 saturated heterocycles. The maximum Gasteiger partial charge on any atom is 0.215 e. The van der Waals surface area contributed by atoms with Gasteiger partial charge >= 0.3 is 0 Å². The normalized spacial score (nSPS) is 30.8. The highest BCUT2D eigenvalue weighted by Gasteiger charge is 2.64. The zero-order chi connectivity index (χ0) is 25.3. The van der Waals surface area contributed by atoms with E-state index in [0.717, 1.165) is 12.1 Å². The molecule has 1 saturated carbocycles. The molecule has 0 radical (unpaired) electrons. The van der Waals surface area contributed by atoms with Gasteiger partial charge in [0.2, 0.25) is 10.0 Å². The molecule has 1 N–H and O–H groups in total. The zero-order valence-electron chi connectivity index (χ0n) is 19.2. The van der Waals surface area contributed by atoms with Crippen LogP contribution in [0.2, 0.25) is 5.02 Å². The van der Waals surface area contributed by atoms with Crippen molar-refractivity contribution in [1.82, 2.24) is 4.72 Å². The van der Waals surface area contributed by atoms with Crippen molar-refractivity contribution >= 4 is 31.5 Å². The van der Waals surface area contributed by atoms with Gasteiger partial charge < -0.3 is 4.74 Å². The van der Waals surface area contributed by atoms with E-state index >= 15 is 4.39 Å². The molecule has 36 heavy (non-hydrogen) atoms. The van der Waals surface area contributed by atoms with Gasteiger partial charge in [-0.2, -0.15) is 0 Å². The first-order chi connectivity index (χ1) is 16.4. The highest BCUT2D eigenvalue weighted by Crippen LogP contribution is 2.59. The number of fused-ring (bicyclic) bond motifs is 5. The molecule has 2 aromatic rings. The van der Waals surface area contributed by atoms with Gasteiger partial charge in [0.1, 0.15) is 10.6 Å². The fourth-order valence-corrected chi connectivity index (χ4v) is 10.9. The van der Waals surface area contributed by atoms with Crippen molar-refractivity contribution in [3.8, 4) is 5.75 Å². The Morgan fingerprint density at radius 3 is 2.39 bits per heavy atom. The first kappa shape index (κ1) is 27.3. The molecule has 0 bridgehead atoms. The summed E-state index contributed by atoms with van der Waals surface area (Å²) in [5.74, 6) is -3.55. The highest BCUT2D eigenvalue weighted by molar-refractivity contribution is 7.92. The van der Waals surface area contributed by atoms with E-state index in [2.05, 4.69) is 4.72 Å². The Labute approximate surface area is 216 Å². The number of rotatable bonds is 3. The van der Waals surface area contributed by atoms with E-state index < -0.39 is 65.1 Å². The number of sulfone groups is 1. The van der Waals surface area contributed by atoms with Crippen molar-refractivity contribution in [2.45, 2.75) is 61.5 Å². The number of ether oxygens (including phenoxy) is 1.